The van der Waals surface area contributed by atoms with E-state index < -0.39 is 18.0 Å². The summed E-state index contributed by atoms with van der Waals surface area (Å²) in [6, 6.07) is -0.553. The lowest BCUT2D eigenvalue weighted by atomic mass is 10.4. The van der Waals surface area contributed by atoms with Gasteiger partial charge in [-0.2, -0.15) is 0 Å². The number of hydrogen-bond donors (Lipinski definition) is 3. The second-order valence-electron chi connectivity index (χ2n) is 3.67. The number of carbonyl (C=O) groups excluding carboxylic acids is 2. The molecule has 0 atom stereocenters. The van der Waals surface area contributed by atoms with Crippen LogP contribution in [-0.4, -0.2) is 41.2 Å². The first kappa shape index (κ1) is 15.9. The van der Waals surface area contributed by atoms with Gasteiger partial charge in [-0.15, -0.1) is 11.3 Å². The quantitative estimate of drug-likeness (QED) is 0.659. The number of carboxylic acids is 1. The number of carboxylic acid groups (broad SMARTS) is 1. The number of aryl methyl sites for hydroxylation is 1. The van der Waals surface area contributed by atoms with Crippen molar-refractivity contribution in [1.82, 2.24) is 15.6 Å². The van der Waals surface area contributed by atoms with Gasteiger partial charge in [0, 0.05) is 0 Å². The number of thiazole rings is 1. The average molecular weight is 301 g/mol. The van der Waals surface area contributed by atoms with Crippen molar-refractivity contribution >= 4 is 29.3 Å². The van der Waals surface area contributed by atoms with Crippen molar-refractivity contribution in [2.75, 3.05) is 13.2 Å². The molecule has 0 radical (unpaired) electrons. The Labute approximate surface area is 119 Å². The fraction of sp³-hybridized carbons (Fsp3) is 0.455. The first-order valence-electron chi connectivity index (χ1n) is 5.81. The second-order valence-corrected chi connectivity index (χ2v) is 4.75. The lowest BCUT2D eigenvalue weighted by Gasteiger charge is -2.05. The van der Waals surface area contributed by atoms with Gasteiger partial charge in [-0.3, -0.25) is 4.79 Å². The molecule has 0 aliphatic heterocycles. The molecule has 0 unspecified atom stereocenters. The van der Waals surface area contributed by atoms with Crippen molar-refractivity contribution < 1.29 is 24.2 Å². The summed E-state index contributed by atoms with van der Waals surface area (Å²) >= 11 is 0.997. The molecule has 110 valence electrons. The van der Waals surface area contributed by atoms with E-state index in [0.717, 1.165) is 11.3 Å². The number of rotatable bonds is 6. The van der Waals surface area contributed by atoms with Gasteiger partial charge in [-0.1, -0.05) is 0 Å². The van der Waals surface area contributed by atoms with Gasteiger partial charge < -0.3 is 20.5 Å². The predicted molar refractivity (Wildman–Crippen MR) is 70.7 cm³/mol. The van der Waals surface area contributed by atoms with Crippen molar-refractivity contribution in [3.8, 4) is 0 Å². The number of hydrogen-bond acceptors (Lipinski definition) is 6. The Morgan fingerprint density at radius 1 is 1.35 bits per heavy atom. The minimum Gasteiger partial charge on any atom is -0.477 e. The second kappa shape index (κ2) is 7.43. The van der Waals surface area contributed by atoms with E-state index in [0.29, 0.717) is 10.7 Å². The van der Waals surface area contributed by atoms with Gasteiger partial charge in [0.15, 0.2) is 0 Å². The third kappa shape index (κ3) is 4.84. The molecule has 0 aromatic carbocycles. The van der Waals surface area contributed by atoms with Crippen LogP contribution in [0.1, 0.15) is 27.3 Å². The zero-order valence-electron chi connectivity index (χ0n) is 11.1. The molecule has 0 aliphatic carbocycles. The van der Waals surface area contributed by atoms with Crippen LogP contribution in [0.2, 0.25) is 0 Å². The van der Waals surface area contributed by atoms with E-state index in [2.05, 4.69) is 20.4 Å². The number of amides is 2. The number of carbonyl (C=O) groups is 3. The summed E-state index contributed by atoms with van der Waals surface area (Å²) < 4.78 is 4.64. The molecule has 1 heterocycles. The van der Waals surface area contributed by atoms with Crippen molar-refractivity contribution in [1.29, 1.82) is 0 Å². The van der Waals surface area contributed by atoms with E-state index in [4.69, 9.17) is 5.11 Å². The third-order valence-corrected chi connectivity index (χ3v) is 3.28. The minimum atomic E-state index is -1.04. The maximum atomic E-state index is 11.4. The molecule has 1 aromatic heterocycles. The van der Waals surface area contributed by atoms with Gasteiger partial charge in [0.1, 0.15) is 16.4 Å². The summed E-state index contributed by atoms with van der Waals surface area (Å²) in [6.45, 7) is 3.37. The van der Waals surface area contributed by atoms with Crippen LogP contribution in [0.5, 0.6) is 0 Å². The molecule has 8 nitrogen and oxygen atoms in total. The molecule has 1 rings (SSSR count). The monoisotopic (exact) mass is 301 g/mol. The van der Waals surface area contributed by atoms with E-state index in [1.54, 1.807) is 13.8 Å². The molecule has 0 fully saturated rings. The number of esters is 1. The Balaban J connectivity index is 2.39. The molecule has 1 aromatic rings. The van der Waals surface area contributed by atoms with Gasteiger partial charge in [-0.05, 0) is 13.8 Å². The predicted octanol–water partition coefficient (Wildman–Crippen LogP) is 0.512. The normalized spacial score (nSPS) is 9.90. The fourth-order valence-corrected chi connectivity index (χ4v) is 2.15. The molecule has 3 N–H and O–H groups in total. The van der Waals surface area contributed by atoms with Crippen LogP contribution < -0.4 is 10.6 Å². The molecule has 0 spiro atoms. The Hall–Kier alpha value is -2.16. The smallest absolute Gasteiger partial charge is 0.347 e. The molecule has 20 heavy (non-hydrogen) atoms. The molecular formula is C11H15N3O5S. The van der Waals surface area contributed by atoms with Crippen LogP contribution in [0.3, 0.4) is 0 Å². The SMILES string of the molecule is CCOC(=O)CNC(=O)NCc1nc(C)c(C(=O)O)s1. The largest absolute Gasteiger partial charge is 0.477 e. The van der Waals surface area contributed by atoms with E-state index in [-0.39, 0.29) is 24.6 Å². The van der Waals surface area contributed by atoms with Crippen molar-refractivity contribution in [2.45, 2.75) is 20.4 Å². The minimum absolute atomic E-state index is 0.0907. The number of nitrogens with zero attached hydrogens (tertiary/aromatic N) is 1. The maximum absolute atomic E-state index is 11.4. The van der Waals surface area contributed by atoms with Crippen LogP contribution >= 0.6 is 11.3 Å². The van der Waals surface area contributed by atoms with Crippen LogP contribution in [0.4, 0.5) is 4.79 Å². The lowest BCUT2D eigenvalue weighted by Crippen LogP contribution is -2.38. The fourth-order valence-electron chi connectivity index (χ4n) is 1.31. The number of aromatic carboxylic acids is 1. The van der Waals surface area contributed by atoms with Crippen molar-refractivity contribution in [2.24, 2.45) is 0 Å². The maximum Gasteiger partial charge on any atom is 0.347 e. The summed E-state index contributed by atoms with van der Waals surface area (Å²) in [5.74, 6) is -1.57. The molecule has 0 saturated heterocycles. The number of nitrogens with one attached hydrogen (secondary N) is 2. The summed E-state index contributed by atoms with van der Waals surface area (Å²) in [5, 5.41) is 14.1. The zero-order valence-corrected chi connectivity index (χ0v) is 11.9. The first-order chi connectivity index (χ1) is 9.43. The van der Waals surface area contributed by atoms with Gasteiger partial charge >= 0.3 is 18.0 Å². The van der Waals surface area contributed by atoms with Crippen molar-refractivity contribution in [3.63, 3.8) is 0 Å². The summed E-state index contributed by atoms with van der Waals surface area (Å²) in [6.07, 6.45) is 0. The molecule has 2 amide bonds. The van der Waals surface area contributed by atoms with Gasteiger partial charge in [0.05, 0.1) is 18.8 Å². The average Bonchev–Trinajstić information content (AvgIpc) is 2.76. The molecule has 0 aliphatic rings. The topological polar surface area (TPSA) is 118 Å². The highest BCUT2D eigenvalue weighted by Crippen LogP contribution is 2.17. The Bertz CT molecular complexity index is 514. The van der Waals surface area contributed by atoms with Crippen LogP contribution in [0.15, 0.2) is 0 Å². The summed E-state index contributed by atoms with van der Waals surface area (Å²) in [5.41, 5.74) is 0.409. The Kier molecular flexibility index (Phi) is 5.91. The number of aromatic nitrogens is 1. The first-order valence-corrected chi connectivity index (χ1v) is 6.62. The Morgan fingerprint density at radius 2 is 2.05 bits per heavy atom. The van der Waals surface area contributed by atoms with Crippen LogP contribution in [0, 0.1) is 6.92 Å². The number of urea groups is 1. The highest BCUT2D eigenvalue weighted by atomic mass is 32.1. The van der Waals surface area contributed by atoms with E-state index in [9.17, 15) is 14.4 Å². The lowest BCUT2D eigenvalue weighted by molar-refractivity contribution is -0.141. The van der Waals surface area contributed by atoms with Gasteiger partial charge in [-0.25, -0.2) is 14.6 Å². The van der Waals surface area contributed by atoms with Crippen LogP contribution in [0.25, 0.3) is 0 Å². The van der Waals surface area contributed by atoms with E-state index >= 15 is 0 Å². The number of ether oxygens (including phenoxy) is 1. The van der Waals surface area contributed by atoms with E-state index in [1.807, 2.05) is 0 Å². The molecular weight excluding hydrogens is 286 g/mol. The van der Waals surface area contributed by atoms with Crippen molar-refractivity contribution in [3.05, 3.63) is 15.6 Å². The standard InChI is InChI=1S/C11H15N3O5S/c1-3-19-8(15)5-13-11(18)12-4-7-14-6(2)9(20-7)10(16)17/h3-5H2,1-2H3,(H,16,17)(H2,12,13,18). The van der Waals surface area contributed by atoms with E-state index in [1.165, 1.54) is 0 Å². The molecule has 0 bridgehead atoms. The van der Waals surface area contributed by atoms with Gasteiger partial charge in [0.2, 0.25) is 0 Å². The molecule has 9 heteroatoms. The molecule has 0 saturated carbocycles. The van der Waals surface area contributed by atoms with Crippen LogP contribution in [-0.2, 0) is 16.1 Å². The zero-order chi connectivity index (χ0) is 15.1. The third-order valence-electron chi connectivity index (χ3n) is 2.13. The Morgan fingerprint density at radius 3 is 2.60 bits per heavy atom. The summed E-state index contributed by atoms with van der Waals surface area (Å²) in [4.78, 5) is 37.4. The highest BCUT2D eigenvalue weighted by Gasteiger charge is 2.14. The summed E-state index contributed by atoms with van der Waals surface area (Å²) in [7, 11) is 0. The highest BCUT2D eigenvalue weighted by molar-refractivity contribution is 7.13. The van der Waals surface area contributed by atoms with Gasteiger partial charge in [0.25, 0.3) is 0 Å².